The van der Waals surface area contributed by atoms with Crippen molar-refractivity contribution in [3.63, 3.8) is 0 Å². The maximum atomic E-state index is 12.9. The quantitative estimate of drug-likeness (QED) is 0.0261. The van der Waals surface area contributed by atoms with Crippen LogP contribution in [0.25, 0.3) is 0 Å². The van der Waals surface area contributed by atoms with Gasteiger partial charge in [0.15, 0.2) is 6.10 Å². The first-order valence-electron chi connectivity index (χ1n) is 36.6. The van der Waals surface area contributed by atoms with Gasteiger partial charge in [-0.15, -0.1) is 0 Å². The van der Waals surface area contributed by atoms with Crippen LogP contribution in [0.2, 0.25) is 0 Å². The Kier molecular flexibility index (Phi) is 68.6. The van der Waals surface area contributed by atoms with E-state index in [4.69, 9.17) is 14.2 Å². The molecule has 0 radical (unpaired) electrons. The van der Waals surface area contributed by atoms with Crippen molar-refractivity contribution in [3.8, 4) is 0 Å². The summed E-state index contributed by atoms with van der Waals surface area (Å²) < 4.78 is 16.9. The van der Waals surface area contributed by atoms with Crippen LogP contribution in [0.3, 0.4) is 0 Å². The number of allylic oxidation sites excluding steroid dienone is 8. The molecule has 0 rings (SSSR count). The van der Waals surface area contributed by atoms with Gasteiger partial charge >= 0.3 is 17.9 Å². The molecule has 0 amide bonds. The highest BCUT2D eigenvalue weighted by atomic mass is 16.6. The van der Waals surface area contributed by atoms with Crippen molar-refractivity contribution >= 4 is 17.9 Å². The summed E-state index contributed by atoms with van der Waals surface area (Å²) >= 11 is 0. The Morgan fingerprint density at radius 1 is 0.256 bits per heavy atom. The average Bonchev–Trinajstić information content (AvgIpc) is 3.47. The summed E-state index contributed by atoms with van der Waals surface area (Å²) in [5.41, 5.74) is 0. The summed E-state index contributed by atoms with van der Waals surface area (Å²) in [5, 5.41) is 0. The highest BCUT2D eigenvalue weighted by Gasteiger charge is 2.19. The first-order valence-corrected chi connectivity index (χ1v) is 36.6. The molecule has 0 saturated carbocycles. The van der Waals surface area contributed by atoms with Gasteiger partial charge in [-0.05, 0) is 77.0 Å². The SMILES string of the molecule is CC/C=C\C/C=C\C/C=C\CCCCCCCC(=O)OC(COC(=O)CCCCCCC/C=C\CCCCCCC)COC(=O)CCCCCCCCCCCCCCCCCCCCCCCCCCCCCCCCCCCCC. The van der Waals surface area contributed by atoms with Crippen LogP contribution in [0, 0.1) is 0 Å². The van der Waals surface area contributed by atoms with Crippen LogP contribution in [0.5, 0.6) is 0 Å². The predicted octanol–water partition coefficient (Wildman–Crippen LogP) is 25.3. The fourth-order valence-corrected chi connectivity index (χ4v) is 11.1. The third-order valence-corrected chi connectivity index (χ3v) is 16.6. The molecule has 0 N–H and O–H groups in total. The molecule has 0 aromatic carbocycles. The Bertz CT molecular complexity index is 1410. The molecular formula is C76H140O6. The first kappa shape index (κ1) is 79.4. The minimum Gasteiger partial charge on any atom is -0.462 e. The number of hydrogen-bond donors (Lipinski definition) is 0. The van der Waals surface area contributed by atoms with Crippen molar-refractivity contribution in [3.05, 3.63) is 48.6 Å². The van der Waals surface area contributed by atoms with E-state index in [0.29, 0.717) is 19.3 Å². The second kappa shape index (κ2) is 70.9. The van der Waals surface area contributed by atoms with Crippen molar-refractivity contribution in [1.29, 1.82) is 0 Å². The molecule has 0 heterocycles. The summed E-state index contributed by atoms with van der Waals surface area (Å²) in [6.07, 6.45) is 90.4. The highest BCUT2D eigenvalue weighted by molar-refractivity contribution is 5.71. The van der Waals surface area contributed by atoms with Gasteiger partial charge in [0.25, 0.3) is 0 Å². The van der Waals surface area contributed by atoms with Gasteiger partial charge < -0.3 is 14.2 Å². The van der Waals surface area contributed by atoms with Crippen molar-refractivity contribution in [2.45, 2.75) is 406 Å². The van der Waals surface area contributed by atoms with Crippen molar-refractivity contribution < 1.29 is 28.6 Å². The molecule has 0 bridgehead atoms. The van der Waals surface area contributed by atoms with Crippen LogP contribution in [-0.4, -0.2) is 37.2 Å². The lowest BCUT2D eigenvalue weighted by molar-refractivity contribution is -0.167. The van der Waals surface area contributed by atoms with Gasteiger partial charge in [-0.1, -0.05) is 352 Å². The zero-order valence-corrected chi connectivity index (χ0v) is 55.3. The summed E-state index contributed by atoms with van der Waals surface area (Å²) in [7, 11) is 0. The lowest BCUT2D eigenvalue weighted by Gasteiger charge is -2.18. The predicted molar refractivity (Wildman–Crippen MR) is 358 cm³/mol. The monoisotopic (exact) mass is 1150 g/mol. The Hall–Kier alpha value is -2.63. The number of rotatable bonds is 68. The number of ether oxygens (including phenoxy) is 3. The second-order valence-electron chi connectivity index (χ2n) is 24.8. The average molecular weight is 1150 g/mol. The number of esters is 3. The molecule has 6 heteroatoms. The fourth-order valence-electron chi connectivity index (χ4n) is 11.1. The molecule has 0 aromatic heterocycles. The van der Waals surface area contributed by atoms with Crippen LogP contribution in [-0.2, 0) is 28.6 Å². The Labute approximate surface area is 511 Å². The van der Waals surface area contributed by atoms with Crippen molar-refractivity contribution in [2.75, 3.05) is 13.2 Å². The van der Waals surface area contributed by atoms with Crippen LogP contribution in [0.15, 0.2) is 48.6 Å². The molecule has 0 saturated heterocycles. The maximum Gasteiger partial charge on any atom is 0.306 e. The minimum atomic E-state index is -0.785. The number of hydrogen-bond acceptors (Lipinski definition) is 6. The molecule has 0 aliphatic heterocycles. The van der Waals surface area contributed by atoms with Gasteiger partial charge in [0.2, 0.25) is 0 Å². The van der Waals surface area contributed by atoms with E-state index in [1.807, 2.05) is 0 Å². The summed E-state index contributed by atoms with van der Waals surface area (Å²) in [4.78, 5) is 38.3. The van der Waals surface area contributed by atoms with Crippen LogP contribution in [0.1, 0.15) is 400 Å². The molecule has 1 atom stereocenters. The van der Waals surface area contributed by atoms with Gasteiger partial charge in [-0.3, -0.25) is 14.4 Å². The van der Waals surface area contributed by atoms with Gasteiger partial charge in [0.05, 0.1) is 0 Å². The molecule has 0 aliphatic carbocycles. The van der Waals surface area contributed by atoms with E-state index < -0.39 is 6.10 Å². The zero-order chi connectivity index (χ0) is 59.2. The summed E-state index contributed by atoms with van der Waals surface area (Å²) in [6.45, 7) is 6.56. The third kappa shape index (κ3) is 68.2. The maximum absolute atomic E-state index is 12.9. The molecule has 0 aliphatic rings. The van der Waals surface area contributed by atoms with E-state index in [1.54, 1.807) is 0 Å². The zero-order valence-electron chi connectivity index (χ0n) is 55.3. The normalized spacial score (nSPS) is 12.3. The van der Waals surface area contributed by atoms with Gasteiger partial charge in [-0.2, -0.15) is 0 Å². The molecule has 6 nitrogen and oxygen atoms in total. The smallest absolute Gasteiger partial charge is 0.306 e. The third-order valence-electron chi connectivity index (χ3n) is 16.6. The van der Waals surface area contributed by atoms with Gasteiger partial charge in [0, 0.05) is 19.3 Å². The minimum absolute atomic E-state index is 0.0793. The Morgan fingerprint density at radius 3 is 0.756 bits per heavy atom. The van der Waals surface area contributed by atoms with Crippen molar-refractivity contribution in [1.82, 2.24) is 0 Å². The fraction of sp³-hybridized carbons (Fsp3) is 0.855. The summed E-state index contributed by atoms with van der Waals surface area (Å²) in [6, 6.07) is 0. The summed E-state index contributed by atoms with van der Waals surface area (Å²) in [5.74, 6) is -0.883. The van der Waals surface area contributed by atoms with Gasteiger partial charge in [-0.25, -0.2) is 0 Å². The van der Waals surface area contributed by atoms with Crippen LogP contribution >= 0.6 is 0 Å². The lowest BCUT2D eigenvalue weighted by atomic mass is 10.0. The van der Waals surface area contributed by atoms with Crippen LogP contribution < -0.4 is 0 Å². The first-order chi connectivity index (χ1) is 40.5. The van der Waals surface area contributed by atoms with E-state index in [-0.39, 0.29) is 31.1 Å². The molecule has 0 aromatic rings. The largest absolute Gasteiger partial charge is 0.462 e. The molecular weight excluding hydrogens is 1010 g/mol. The number of carbonyl (C=O) groups excluding carboxylic acids is 3. The van der Waals surface area contributed by atoms with Crippen LogP contribution in [0.4, 0.5) is 0 Å². The Balaban J connectivity index is 4.06. The molecule has 1 unspecified atom stereocenters. The van der Waals surface area contributed by atoms with Gasteiger partial charge in [0.1, 0.15) is 13.2 Å². The van der Waals surface area contributed by atoms with E-state index >= 15 is 0 Å². The Morgan fingerprint density at radius 2 is 0.476 bits per heavy atom. The number of carbonyl (C=O) groups is 3. The second-order valence-corrected chi connectivity index (χ2v) is 24.8. The molecule has 0 spiro atoms. The van der Waals surface area contributed by atoms with E-state index in [0.717, 1.165) is 103 Å². The molecule has 480 valence electrons. The molecule has 0 fully saturated rings. The van der Waals surface area contributed by atoms with E-state index in [2.05, 4.69) is 69.4 Å². The topological polar surface area (TPSA) is 78.9 Å². The van der Waals surface area contributed by atoms with E-state index in [1.165, 1.54) is 257 Å². The highest BCUT2D eigenvalue weighted by Crippen LogP contribution is 2.19. The van der Waals surface area contributed by atoms with E-state index in [9.17, 15) is 14.4 Å². The molecule has 82 heavy (non-hydrogen) atoms. The lowest BCUT2D eigenvalue weighted by Crippen LogP contribution is -2.30. The number of unbranched alkanes of at least 4 members (excludes halogenated alkanes) is 49. The van der Waals surface area contributed by atoms with Crippen molar-refractivity contribution in [2.24, 2.45) is 0 Å². The standard InChI is InChI=1S/C76H140O6/c1-4-7-10-13-16-19-22-25-28-29-30-31-32-33-34-35-36-37-38-39-40-41-42-43-44-45-46-47-49-51-54-57-60-63-66-69-75(78)81-72-73(71-80-74(77)68-65-62-59-56-53-50-27-24-21-18-15-12-9-6-3)82-76(79)70-67-64-61-58-55-52-48-26-23-20-17-14-11-8-5-2/h8,11,17,20,24,26-27,48,73H,4-7,9-10,12-16,18-19,21-23,25,28-47,49-72H2,1-3H3/b11-8-,20-17-,27-24-,48-26-.